The van der Waals surface area contributed by atoms with Crippen molar-refractivity contribution < 1.29 is 28.5 Å². The molecule has 5 saturated carbocycles. The van der Waals surface area contributed by atoms with Gasteiger partial charge in [0.2, 0.25) is 0 Å². The molecule has 6 nitrogen and oxygen atoms in total. The lowest BCUT2D eigenvalue weighted by Gasteiger charge is -2.73. The maximum absolute atomic E-state index is 13.2. The van der Waals surface area contributed by atoms with Gasteiger partial charge in [0.1, 0.15) is 17.6 Å². The van der Waals surface area contributed by atoms with E-state index >= 15 is 0 Å². The highest BCUT2D eigenvalue weighted by atomic mass is 16.5. The van der Waals surface area contributed by atoms with Crippen LogP contribution >= 0.6 is 0 Å². The monoisotopic (exact) mass is 762 g/mol. The fourth-order valence-corrected chi connectivity index (χ4v) is 13.9. The fourth-order valence-electron chi connectivity index (χ4n) is 13.9. The van der Waals surface area contributed by atoms with Gasteiger partial charge >= 0.3 is 11.9 Å². The molecule has 0 heterocycles. The van der Waals surface area contributed by atoms with Gasteiger partial charge in [0, 0.05) is 23.0 Å². The van der Waals surface area contributed by atoms with Crippen LogP contribution in [0.5, 0.6) is 11.5 Å². The van der Waals surface area contributed by atoms with Gasteiger partial charge in [-0.05, 0) is 165 Å². The minimum absolute atomic E-state index is 0.00649. The molecular formula is C50H66O6. The van der Waals surface area contributed by atoms with Crippen LogP contribution in [0.25, 0.3) is 12.2 Å². The first-order chi connectivity index (χ1) is 26.6. The van der Waals surface area contributed by atoms with Gasteiger partial charge in [-0.2, -0.15) is 0 Å². The molecule has 2 aromatic rings. The van der Waals surface area contributed by atoms with Crippen LogP contribution in [-0.4, -0.2) is 38.9 Å². The van der Waals surface area contributed by atoms with Gasteiger partial charge < -0.3 is 18.9 Å². The summed E-state index contributed by atoms with van der Waals surface area (Å²) in [6.07, 6.45) is 18.0. The van der Waals surface area contributed by atoms with Crippen LogP contribution in [0.2, 0.25) is 0 Å². The maximum atomic E-state index is 13.2. The van der Waals surface area contributed by atoms with E-state index in [4.69, 9.17) is 18.9 Å². The normalized spacial score (nSPS) is 37.1. The van der Waals surface area contributed by atoms with E-state index < -0.39 is 0 Å². The Kier molecular flexibility index (Phi) is 10.9. The Morgan fingerprint density at radius 3 is 1.89 bits per heavy atom. The number of hydrogen-bond donors (Lipinski definition) is 0. The second-order valence-electron chi connectivity index (χ2n) is 19.7. The van der Waals surface area contributed by atoms with Crippen molar-refractivity contribution in [2.24, 2.45) is 56.7 Å². The van der Waals surface area contributed by atoms with Crippen LogP contribution in [0.4, 0.5) is 0 Å². The highest BCUT2D eigenvalue weighted by molar-refractivity contribution is 5.87. The molecule has 0 saturated heterocycles. The van der Waals surface area contributed by atoms with E-state index in [1.165, 1.54) is 31.3 Å². The van der Waals surface area contributed by atoms with E-state index in [0.717, 1.165) is 61.2 Å². The van der Waals surface area contributed by atoms with E-state index in [-0.39, 0.29) is 45.1 Å². The third-order valence-corrected chi connectivity index (χ3v) is 17.0. The first kappa shape index (κ1) is 40.4. The van der Waals surface area contributed by atoms with Gasteiger partial charge in [-0.25, -0.2) is 9.59 Å². The van der Waals surface area contributed by atoms with Crippen LogP contribution in [0.1, 0.15) is 117 Å². The summed E-state index contributed by atoms with van der Waals surface area (Å²) in [5.41, 5.74) is 3.62. The van der Waals surface area contributed by atoms with E-state index in [1.807, 2.05) is 60.7 Å². The summed E-state index contributed by atoms with van der Waals surface area (Å²) in [6, 6.07) is 15.4. The summed E-state index contributed by atoms with van der Waals surface area (Å²) < 4.78 is 23.1. The Labute approximate surface area is 336 Å². The second-order valence-corrected chi connectivity index (χ2v) is 19.7. The van der Waals surface area contributed by atoms with E-state index in [1.54, 1.807) is 26.4 Å². The summed E-state index contributed by atoms with van der Waals surface area (Å²) in [4.78, 5) is 26.4. The highest BCUT2D eigenvalue weighted by Crippen LogP contribution is 2.77. The summed E-state index contributed by atoms with van der Waals surface area (Å²) in [5, 5.41) is 0. The largest absolute Gasteiger partial charge is 0.497 e. The Morgan fingerprint density at radius 2 is 1.30 bits per heavy atom. The molecule has 2 aromatic carbocycles. The molecule has 5 aliphatic carbocycles. The number of methoxy groups -OCH3 is 2. The van der Waals surface area contributed by atoms with Crippen molar-refractivity contribution in [3.8, 4) is 11.5 Å². The minimum Gasteiger partial charge on any atom is -0.497 e. The van der Waals surface area contributed by atoms with Gasteiger partial charge in [-0.15, -0.1) is 0 Å². The second kappa shape index (κ2) is 15.2. The first-order valence-corrected chi connectivity index (χ1v) is 21.3. The van der Waals surface area contributed by atoms with E-state index in [2.05, 4.69) is 48.1 Å². The zero-order valence-corrected chi connectivity index (χ0v) is 35.3. The van der Waals surface area contributed by atoms with Crippen molar-refractivity contribution >= 4 is 24.1 Å². The molecule has 5 fully saturated rings. The molecule has 0 N–H and O–H groups in total. The molecular weight excluding hydrogens is 697 g/mol. The van der Waals surface area contributed by atoms with Gasteiger partial charge in [0.25, 0.3) is 0 Å². The predicted octanol–water partition coefficient (Wildman–Crippen LogP) is 11.5. The molecule has 0 aromatic heterocycles. The SMILES string of the molecule is C=C(C)[C@@H]1CC[C@]2(COC(=O)/C=C/c3ccc(OC)cc3)CC[C@]3(C)[C@H](CC[C@@H]4[C@@]5(C)CC[C@H](OC(=O)/C=C/c6ccc(OC)cc6)C(C)(C)[C@H]5CC[C@]43C)[C@@H]12. The lowest BCUT2D eigenvalue weighted by Crippen LogP contribution is -2.67. The van der Waals surface area contributed by atoms with Crippen LogP contribution in [-0.2, 0) is 19.1 Å². The third-order valence-electron chi connectivity index (χ3n) is 17.0. The average Bonchev–Trinajstić information content (AvgIpc) is 3.57. The number of hydrogen-bond acceptors (Lipinski definition) is 6. The number of allylic oxidation sites excluding steroid dienone is 1. The Morgan fingerprint density at radius 1 is 0.696 bits per heavy atom. The molecule has 6 heteroatoms. The van der Waals surface area contributed by atoms with Crippen molar-refractivity contribution in [1.29, 1.82) is 0 Å². The zero-order chi connectivity index (χ0) is 40.1. The topological polar surface area (TPSA) is 71.1 Å². The molecule has 0 bridgehead atoms. The summed E-state index contributed by atoms with van der Waals surface area (Å²) in [7, 11) is 3.31. The van der Waals surface area contributed by atoms with Crippen molar-refractivity contribution in [2.45, 2.75) is 112 Å². The molecule has 7 rings (SSSR count). The number of carbonyl (C=O) groups is 2. The Hall–Kier alpha value is -3.80. The zero-order valence-electron chi connectivity index (χ0n) is 35.3. The van der Waals surface area contributed by atoms with Crippen molar-refractivity contribution in [1.82, 2.24) is 0 Å². The number of esters is 2. The molecule has 0 amide bonds. The molecule has 0 radical (unpaired) electrons. The lowest BCUT2D eigenvalue weighted by atomic mass is 9.32. The summed E-state index contributed by atoms with van der Waals surface area (Å²) >= 11 is 0. The van der Waals surface area contributed by atoms with Crippen LogP contribution in [0.3, 0.4) is 0 Å². The van der Waals surface area contributed by atoms with Crippen LogP contribution in [0.15, 0.2) is 72.8 Å². The van der Waals surface area contributed by atoms with Crippen molar-refractivity contribution in [3.05, 3.63) is 84.0 Å². The number of carbonyl (C=O) groups excluding carboxylic acids is 2. The van der Waals surface area contributed by atoms with E-state index in [0.29, 0.717) is 36.2 Å². The van der Waals surface area contributed by atoms with E-state index in [9.17, 15) is 9.59 Å². The number of ether oxygens (including phenoxy) is 4. The number of rotatable bonds is 10. The molecule has 10 atom stereocenters. The standard InChI is InChI=1S/C50H66O6/c1-33(2)38-24-29-50(32-55-43(51)22-14-34-10-16-36(53-8)17-11-34)31-30-48(6)39(45(38)50)20-21-41-47(5)27-26-42(46(3,4)40(47)25-28-49(41,48)7)56-44(52)23-15-35-12-18-37(54-9)19-13-35/h10-19,22-23,38-42,45H,1,20-21,24-32H2,2-9H3/b22-14+,23-15+/t38-,39+,40+,41+,42-,45+,47-,48+,49+,50+/m0/s1. The molecule has 302 valence electrons. The molecule has 56 heavy (non-hydrogen) atoms. The number of fused-ring (bicyclic) bond motifs is 7. The van der Waals surface area contributed by atoms with Gasteiger partial charge in [-0.3, -0.25) is 0 Å². The third kappa shape index (κ3) is 6.85. The van der Waals surface area contributed by atoms with Crippen molar-refractivity contribution in [3.63, 3.8) is 0 Å². The number of benzene rings is 2. The van der Waals surface area contributed by atoms with Crippen molar-refractivity contribution in [2.75, 3.05) is 20.8 Å². The van der Waals surface area contributed by atoms with Crippen LogP contribution < -0.4 is 9.47 Å². The fraction of sp³-hybridized carbons (Fsp3) is 0.600. The Bertz CT molecular complexity index is 1840. The molecule has 0 spiro atoms. The predicted molar refractivity (Wildman–Crippen MR) is 224 cm³/mol. The maximum Gasteiger partial charge on any atom is 0.331 e. The molecule has 0 unspecified atom stereocenters. The smallest absolute Gasteiger partial charge is 0.331 e. The Balaban J connectivity index is 1.06. The summed E-state index contributed by atoms with van der Waals surface area (Å²) in [5.74, 6) is 3.65. The lowest BCUT2D eigenvalue weighted by molar-refractivity contribution is -0.251. The quantitative estimate of drug-likeness (QED) is 0.136. The molecule has 0 aliphatic heterocycles. The first-order valence-electron chi connectivity index (χ1n) is 21.3. The van der Waals surface area contributed by atoms with Gasteiger partial charge in [0.15, 0.2) is 0 Å². The van der Waals surface area contributed by atoms with Gasteiger partial charge in [-0.1, -0.05) is 71.0 Å². The minimum atomic E-state index is -0.264. The average molecular weight is 763 g/mol. The summed E-state index contributed by atoms with van der Waals surface area (Å²) in [6.45, 7) is 19.9. The van der Waals surface area contributed by atoms with Gasteiger partial charge in [0.05, 0.1) is 20.8 Å². The highest BCUT2D eigenvalue weighted by Gasteiger charge is 2.71. The molecule has 5 aliphatic rings. The van der Waals surface area contributed by atoms with Crippen LogP contribution in [0, 0.1) is 56.7 Å².